The number of aliphatic carboxylic acids is 1. The molecule has 7 nitrogen and oxygen atoms in total. The molecule has 140 valence electrons. The number of ether oxygens (including phenoxy) is 2. The quantitative estimate of drug-likeness (QED) is 0.664. The summed E-state index contributed by atoms with van der Waals surface area (Å²) in [6.45, 7) is 7.62. The number of carbonyl (C=O) groups is 2. The molecular formula is C18H28N2O5. The van der Waals surface area contributed by atoms with Crippen LogP contribution in [0.2, 0.25) is 0 Å². The number of carboxylic acids is 1. The molecule has 0 aliphatic rings. The van der Waals surface area contributed by atoms with E-state index in [9.17, 15) is 9.59 Å². The molecule has 0 saturated carbocycles. The largest absolute Gasteiger partial charge is 0.496 e. The van der Waals surface area contributed by atoms with Crippen LogP contribution in [0.15, 0.2) is 12.1 Å². The van der Waals surface area contributed by atoms with Crippen LogP contribution in [0.25, 0.3) is 0 Å². The summed E-state index contributed by atoms with van der Waals surface area (Å²) in [7, 11) is 3.14. The standard InChI is InChI=1S/C18H28N2O5/c1-11(2)16-13(24-5)9-12(10-14(16)25-6)19-17(23)20-18(3,4)8-7-15(21)22/h9-11H,7-8H2,1-6H3,(H,21,22)(H2,19,20,23). The second kappa shape index (κ2) is 8.60. The number of rotatable bonds is 8. The lowest BCUT2D eigenvalue weighted by molar-refractivity contribution is -0.137. The highest BCUT2D eigenvalue weighted by molar-refractivity contribution is 5.90. The fourth-order valence-corrected chi connectivity index (χ4v) is 2.53. The molecule has 0 aliphatic heterocycles. The molecule has 25 heavy (non-hydrogen) atoms. The second-order valence-corrected chi connectivity index (χ2v) is 6.81. The zero-order chi connectivity index (χ0) is 19.2. The van der Waals surface area contributed by atoms with Crippen molar-refractivity contribution in [2.45, 2.75) is 52.0 Å². The lowest BCUT2D eigenvalue weighted by Crippen LogP contribution is -2.45. The number of benzene rings is 1. The molecule has 3 N–H and O–H groups in total. The number of methoxy groups -OCH3 is 2. The molecule has 0 atom stereocenters. The smallest absolute Gasteiger partial charge is 0.319 e. The first-order chi connectivity index (χ1) is 11.6. The summed E-state index contributed by atoms with van der Waals surface area (Å²) in [5.41, 5.74) is 0.816. The van der Waals surface area contributed by atoms with Crippen molar-refractivity contribution in [1.29, 1.82) is 0 Å². The molecule has 0 radical (unpaired) electrons. The first-order valence-electron chi connectivity index (χ1n) is 8.16. The van der Waals surface area contributed by atoms with E-state index in [4.69, 9.17) is 14.6 Å². The zero-order valence-electron chi connectivity index (χ0n) is 15.7. The number of nitrogens with one attached hydrogen (secondary N) is 2. The third-order valence-corrected chi connectivity index (χ3v) is 3.79. The number of anilines is 1. The predicted molar refractivity (Wildman–Crippen MR) is 96.7 cm³/mol. The van der Waals surface area contributed by atoms with E-state index < -0.39 is 17.5 Å². The van der Waals surface area contributed by atoms with Gasteiger partial charge in [-0.2, -0.15) is 0 Å². The van der Waals surface area contributed by atoms with Gasteiger partial charge in [0.2, 0.25) is 0 Å². The minimum Gasteiger partial charge on any atom is -0.496 e. The SMILES string of the molecule is COc1cc(NC(=O)NC(C)(C)CCC(=O)O)cc(OC)c1C(C)C. The number of urea groups is 1. The summed E-state index contributed by atoms with van der Waals surface area (Å²) >= 11 is 0. The fraction of sp³-hybridized carbons (Fsp3) is 0.556. The van der Waals surface area contributed by atoms with E-state index >= 15 is 0 Å². The zero-order valence-corrected chi connectivity index (χ0v) is 15.7. The molecule has 0 heterocycles. The van der Waals surface area contributed by atoms with Gasteiger partial charge in [-0.25, -0.2) is 4.79 Å². The molecule has 0 unspecified atom stereocenters. The maximum Gasteiger partial charge on any atom is 0.319 e. The Bertz CT molecular complexity index is 601. The molecule has 7 heteroatoms. The van der Waals surface area contributed by atoms with Gasteiger partial charge in [-0.15, -0.1) is 0 Å². The highest BCUT2D eigenvalue weighted by Crippen LogP contribution is 2.38. The maximum atomic E-state index is 12.2. The molecule has 1 aromatic rings. The van der Waals surface area contributed by atoms with Gasteiger partial charge in [0.15, 0.2) is 0 Å². The van der Waals surface area contributed by atoms with Crippen molar-refractivity contribution in [2.75, 3.05) is 19.5 Å². The normalized spacial score (nSPS) is 11.2. The Balaban J connectivity index is 2.92. The van der Waals surface area contributed by atoms with Gasteiger partial charge < -0.3 is 25.2 Å². The van der Waals surface area contributed by atoms with Crippen LogP contribution in [-0.2, 0) is 4.79 Å². The first-order valence-corrected chi connectivity index (χ1v) is 8.16. The average molecular weight is 352 g/mol. The average Bonchev–Trinajstić information content (AvgIpc) is 2.51. The van der Waals surface area contributed by atoms with Gasteiger partial charge in [0, 0.05) is 35.3 Å². The van der Waals surface area contributed by atoms with Crippen LogP contribution in [0, 0.1) is 0 Å². The van der Waals surface area contributed by atoms with Crippen molar-refractivity contribution < 1.29 is 24.2 Å². The number of amides is 2. The van der Waals surface area contributed by atoms with E-state index in [1.165, 1.54) is 0 Å². The highest BCUT2D eigenvalue weighted by Gasteiger charge is 2.22. The Morgan fingerprint density at radius 1 is 1.16 bits per heavy atom. The van der Waals surface area contributed by atoms with E-state index in [0.29, 0.717) is 23.6 Å². The Morgan fingerprint density at radius 3 is 2.08 bits per heavy atom. The highest BCUT2D eigenvalue weighted by atomic mass is 16.5. The van der Waals surface area contributed by atoms with Crippen LogP contribution in [0.4, 0.5) is 10.5 Å². The third kappa shape index (κ3) is 6.17. The second-order valence-electron chi connectivity index (χ2n) is 6.81. The minimum atomic E-state index is -0.894. The van der Waals surface area contributed by atoms with Crippen LogP contribution in [0.3, 0.4) is 0 Å². The topological polar surface area (TPSA) is 96.9 Å². The Morgan fingerprint density at radius 2 is 1.68 bits per heavy atom. The molecule has 0 spiro atoms. The Hall–Kier alpha value is -2.44. The summed E-state index contributed by atoms with van der Waals surface area (Å²) in [6, 6.07) is 3.06. The molecule has 2 amide bonds. The predicted octanol–water partition coefficient (Wildman–Crippen LogP) is 3.59. The molecule has 0 aliphatic carbocycles. The monoisotopic (exact) mass is 352 g/mol. The van der Waals surface area contributed by atoms with Gasteiger partial charge in [0.05, 0.1) is 14.2 Å². The van der Waals surface area contributed by atoms with Gasteiger partial charge in [0.25, 0.3) is 0 Å². The molecule has 0 saturated heterocycles. The number of hydrogen-bond donors (Lipinski definition) is 3. The van der Waals surface area contributed by atoms with Crippen molar-refractivity contribution >= 4 is 17.7 Å². The van der Waals surface area contributed by atoms with Gasteiger partial charge in [-0.05, 0) is 26.2 Å². The fourth-order valence-electron chi connectivity index (χ4n) is 2.53. The van der Waals surface area contributed by atoms with Crippen LogP contribution < -0.4 is 20.1 Å². The van der Waals surface area contributed by atoms with Crippen LogP contribution >= 0.6 is 0 Å². The molecule has 0 fully saturated rings. The number of carbonyl (C=O) groups excluding carboxylic acids is 1. The lowest BCUT2D eigenvalue weighted by atomic mass is 9.98. The van der Waals surface area contributed by atoms with Crippen molar-refractivity contribution in [2.24, 2.45) is 0 Å². The first kappa shape index (κ1) is 20.6. The van der Waals surface area contributed by atoms with Crippen LogP contribution in [0.5, 0.6) is 11.5 Å². The van der Waals surface area contributed by atoms with E-state index in [0.717, 1.165) is 5.56 Å². The summed E-state index contributed by atoms with van der Waals surface area (Å²) in [6.07, 6.45) is 0.312. The van der Waals surface area contributed by atoms with Gasteiger partial charge in [0.1, 0.15) is 11.5 Å². The Labute approximate surface area is 148 Å². The lowest BCUT2D eigenvalue weighted by Gasteiger charge is -2.26. The van der Waals surface area contributed by atoms with Gasteiger partial charge >= 0.3 is 12.0 Å². The van der Waals surface area contributed by atoms with E-state index in [-0.39, 0.29) is 12.3 Å². The molecule has 0 aromatic heterocycles. The van der Waals surface area contributed by atoms with E-state index in [1.807, 2.05) is 13.8 Å². The Kier molecular flexibility index (Phi) is 7.09. The summed E-state index contributed by atoms with van der Waals surface area (Å²) in [5.74, 6) is 0.571. The van der Waals surface area contributed by atoms with Crippen molar-refractivity contribution in [1.82, 2.24) is 5.32 Å². The molecule has 1 rings (SSSR count). The van der Waals surface area contributed by atoms with Crippen molar-refractivity contribution in [3.63, 3.8) is 0 Å². The minimum absolute atomic E-state index is 0.0159. The van der Waals surface area contributed by atoms with Gasteiger partial charge in [-0.1, -0.05) is 13.8 Å². The van der Waals surface area contributed by atoms with Crippen molar-refractivity contribution in [3.8, 4) is 11.5 Å². The summed E-state index contributed by atoms with van der Waals surface area (Å²) < 4.78 is 10.8. The van der Waals surface area contributed by atoms with E-state index in [1.54, 1.807) is 40.2 Å². The third-order valence-electron chi connectivity index (χ3n) is 3.79. The van der Waals surface area contributed by atoms with Crippen LogP contribution in [-0.4, -0.2) is 36.9 Å². The molecule has 0 bridgehead atoms. The number of carboxylic acid groups (broad SMARTS) is 1. The molecular weight excluding hydrogens is 324 g/mol. The van der Waals surface area contributed by atoms with Crippen molar-refractivity contribution in [3.05, 3.63) is 17.7 Å². The maximum absolute atomic E-state index is 12.2. The van der Waals surface area contributed by atoms with E-state index in [2.05, 4.69) is 10.6 Å². The number of hydrogen-bond acceptors (Lipinski definition) is 4. The molecule has 1 aromatic carbocycles. The summed E-state index contributed by atoms with van der Waals surface area (Å²) in [4.78, 5) is 22.9. The summed E-state index contributed by atoms with van der Waals surface area (Å²) in [5, 5.41) is 14.3. The van der Waals surface area contributed by atoms with Crippen LogP contribution in [0.1, 0.15) is 52.0 Å². The van der Waals surface area contributed by atoms with Gasteiger partial charge in [-0.3, -0.25) is 4.79 Å².